The zero-order chi connectivity index (χ0) is 18.5. The molecule has 4 rings (SSSR count). The second kappa shape index (κ2) is 7.88. The third-order valence-corrected chi connectivity index (χ3v) is 4.72. The van der Waals surface area contributed by atoms with Crippen molar-refractivity contribution < 1.29 is 0 Å². The van der Waals surface area contributed by atoms with Crippen LogP contribution in [-0.2, 0) is 0 Å². The van der Waals surface area contributed by atoms with Gasteiger partial charge in [-0.1, -0.05) is 90.5 Å². The van der Waals surface area contributed by atoms with Crippen molar-refractivity contribution in [3.63, 3.8) is 0 Å². The number of anilines is 1. The van der Waals surface area contributed by atoms with Crippen LogP contribution in [0.2, 0.25) is 0 Å². The van der Waals surface area contributed by atoms with Gasteiger partial charge in [-0.15, -0.1) is 0 Å². The first-order chi connectivity index (χ1) is 13.3. The maximum absolute atomic E-state index is 4.65. The Labute approximate surface area is 160 Å². The molecule has 2 heteroatoms. The predicted molar refractivity (Wildman–Crippen MR) is 113 cm³/mol. The number of pyridine rings is 1. The molecule has 1 unspecified atom stereocenters. The number of rotatable bonds is 5. The Morgan fingerprint density at radius 3 is 2.00 bits per heavy atom. The molecule has 0 radical (unpaired) electrons. The summed E-state index contributed by atoms with van der Waals surface area (Å²) < 4.78 is 0. The number of aryl methyl sites for hydroxylation is 1. The fourth-order valence-electron chi connectivity index (χ4n) is 3.27. The molecule has 0 aliphatic carbocycles. The smallest absolute Gasteiger partial charge is 0.134 e. The van der Waals surface area contributed by atoms with Crippen LogP contribution in [-0.4, -0.2) is 4.98 Å². The molecule has 1 heterocycles. The highest BCUT2D eigenvalue weighted by molar-refractivity contribution is 5.75. The molecule has 0 bridgehead atoms. The van der Waals surface area contributed by atoms with Crippen LogP contribution in [0.5, 0.6) is 0 Å². The largest absolute Gasteiger partial charge is 0.359 e. The van der Waals surface area contributed by atoms with Crippen molar-refractivity contribution in [1.82, 2.24) is 4.98 Å². The van der Waals surface area contributed by atoms with Gasteiger partial charge in [0.05, 0.1) is 6.04 Å². The van der Waals surface area contributed by atoms with Gasteiger partial charge in [-0.25, -0.2) is 4.98 Å². The molecule has 0 saturated carbocycles. The van der Waals surface area contributed by atoms with E-state index in [0.717, 1.165) is 16.9 Å². The maximum atomic E-state index is 4.65. The van der Waals surface area contributed by atoms with Gasteiger partial charge in [-0.3, -0.25) is 0 Å². The highest BCUT2D eigenvalue weighted by Gasteiger charge is 2.16. The van der Waals surface area contributed by atoms with Crippen molar-refractivity contribution in [3.8, 4) is 11.1 Å². The van der Waals surface area contributed by atoms with Crippen LogP contribution >= 0.6 is 0 Å². The van der Waals surface area contributed by atoms with Gasteiger partial charge in [0.15, 0.2) is 0 Å². The third-order valence-electron chi connectivity index (χ3n) is 4.72. The van der Waals surface area contributed by atoms with E-state index in [2.05, 4.69) is 96.1 Å². The molecule has 2 nitrogen and oxygen atoms in total. The summed E-state index contributed by atoms with van der Waals surface area (Å²) in [4.78, 5) is 4.65. The van der Waals surface area contributed by atoms with E-state index in [9.17, 15) is 0 Å². The lowest BCUT2D eigenvalue weighted by Crippen LogP contribution is -2.14. The molecule has 1 N–H and O–H groups in total. The Hall–Kier alpha value is -3.39. The maximum Gasteiger partial charge on any atom is 0.134 e. The highest BCUT2D eigenvalue weighted by atomic mass is 15.0. The molecule has 1 aromatic heterocycles. The molecular weight excluding hydrogens is 328 g/mol. The van der Waals surface area contributed by atoms with Crippen molar-refractivity contribution in [2.24, 2.45) is 0 Å². The second-order valence-electron chi connectivity index (χ2n) is 6.66. The lowest BCUT2D eigenvalue weighted by Gasteiger charge is -2.22. The van der Waals surface area contributed by atoms with Crippen molar-refractivity contribution in [3.05, 3.63) is 120 Å². The summed E-state index contributed by atoms with van der Waals surface area (Å²) in [6, 6.07) is 33.7. The van der Waals surface area contributed by atoms with E-state index < -0.39 is 0 Å². The van der Waals surface area contributed by atoms with Crippen LogP contribution in [0, 0.1) is 6.92 Å². The minimum Gasteiger partial charge on any atom is -0.359 e. The summed E-state index contributed by atoms with van der Waals surface area (Å²) in [5.41, 5.74) is 5.95. The minimum absolute atomic E-state index is 0.0316. The van der Waals surface area contributed by atoms with Crippen LogP contribution < -0.4 is 5.32 Å². The van der Waals surface area contributed by atoms with E-state index in [1.54, 1.807) is 0 Å². The highest BCUT2D eigenvalue weighted by Crippen LogP contribution is 2.31. The van der Waals surface area contributed by atoms with E-state index >= 15 is 0 Å². The van der Waals surface area contributed by atoms with Gasteiger partial charge < -0.3 is 5.32 Å². The molecule has 0 spiro atoms. The topological polar surface area (TPSA) is 24.9 Å². The summed E-state index contributed by atoms with van der Waals surface area (Å²) in [5, 5.41) is 3.69. The molecular formula is C25H22N2. The predicted octanol–water partition coefficient (Wildman–Crippen LogP) is 6.26. The van der Waals surface area contributed by atoms with E-state index in [-0.39, 0.29) is 6.04 Å². The van der Waals surface area contributed by atoms with Gasteiger partial charge >= 0.3 is 0 Å². The summed E-state index contributed by atoms with van der Waals surface area (Å²) in [6.45, 7) is 2.11. The Balaban J connectivity index is 1.76. The molecule has 0 amide bonds. The van der Waals surface area contributed by atoms with E-state index in [4.69, 9.17) is 0 Å². The fourth-order valence-corrected chi connectivity index (χ4v) is 3.27. The van der Waals surface area contributed by atoms with Crippen molar-refractivity contribution in [1.29, 1.82) is 0 Å². The molecule has 4 aromatic rings. The SMILES string of the molecule is Cc1ccc(C(Nc2ncccc2-c2ccccc2)c2ccccc2)cc1. The second-order valence-corrected chi connectivity index (χ2v) is 6.66. The van der Waals surface area contributed by atoms with Crippen LogP contribution in [0.1, 0.15) is 22.7 Å². The van der Waals surface area contributed by atoms with Crippen LogP contribution in [0.3, 0.4) is 0 Å². The van der Waals surface area contributed by atoms with Crippen molar-refractivity contribution in [2.75, 3.05) is 5.32 Å². The Morgan fingerprint density at radius 1 is 0.667 bits per heavy atom. The zero-order valence-corrected chi connectivity index (χ0v) is 15.3. The Morgan fingerprint density at radius 2 is 1.30 bits per heavy atom. The Kier molecular flexibility index (Phi) is 4.97. The zero-order valence-electron chi connectivity index (χ0n) is 15.3. The summed E-state index contributed by atoms with van der Waals surface area (Å²) >= 11 is 0. The lowest BCUT2D eigenvalue weighted by molar-refractivity contribution is 0.926. The monoisotopic (exact) mass is 350 g/mol. The number of hydrogen-bond acceptors (Lipinski definition) is 2. The molecule has 0 aliphatic heterocycles. The number of hydrogen-bond donors (Lipinski definition) is 1. The molecule has 132 valence electrons. The van der Waals surface area contributed by atoms with Gasteiger partial charge in [0.25, 0.3) is 0 Å². The van der Waals surface area contributed by atoms with Crippen molar-refractivity contribution in [2.45, 2.75) is 13.0 Å². The lowest BCUT2D eigenvalue weighted by atomic mass is 9.97. The van der Waals surface area contributed by atoms with Gasteiger partial charge in [-0.2, -0.15) is 0 Å². The van der Waals surface area contributed by atoms with Crippen LogP contribution in [0.15, 0.2) is 103 Å². The van der Waals surface area contributed by atoms with Gasteiger partial charge in [0.1, 0.15) is 5.82 Å². The number of aromatic nitrogens is 1. The molecule has 0 fully saturated rings. The fraction of sp³-hybridized carbons (Fsp3) is 0.0800. The van der Waals surface area contributed by atoms with E-state index in [1.807, 2.05) is 24.4 Å². The molecule has 3 aromatic carbocycles. The molecule has 0 aliphatic rings. The van der Waals surface area contributed by atoms with Gasteiger partial charge in [-0.05, 0) is 35.7 Å². The molecule has 1 atom stereocenters. The van der Waals surface area contributed by atoms with Crippen LogP contribution in [0.25, 0.3) is 11.1 Å². The third kappa shape index (κ3) is 3.90. The van der Waals surface area contributed by atoms with E-state index in [1.165, 1.54) is 16.7 Å². The molecule has 27 heavy (non-hydrogen) atoms. The summed E-state index contributed by atoms with van der Waals surface area (Å²) in [5.74, 6) is 0.887. The van der Waals surface area contributed by atoms with E-state index in [0.29, 0.717) is 0 Å². The average Bonchev–Trinajstić information content (AvgIpc) is 2.74. The Bertz CT molecular complexity index is 993. The van der Waals surface area contributed by atoms with Gasteiger partial charge in [0.2, 0.25) is 0 Å². The normalized spacial score (nSPS) is 11.7. The average molecular weight is 350 g/mol. The van der Waals surface area contributed by atoms with Crippen LogP contribution in [0.4, 0.5) is 5.82 Å². The first-order valence-corrected chi connectivity index (χ1v) is 9.20. The first kappa shape index (κ1) is 17.0. The minimum atomic E-state index is 0.0316. The first-order valence-electron chi connectivity index (χ1n) is 9.20. The van der Waals surface area contributed by atoms with Gasteiger partial charge in [0, 0.05) is 11.8 Å². The number of nitrogens with one attached hydrogen (secondary N) is 1. The number of nitrogens with zero attached hydrogens (tertiary/aromatic N) is 1. The number of benzene rings is 3. The van der Waals surface area contributed by atoms with Crippen molar-refractivity contribution >= 4 is 5.82 Å². The molecule has 0 saturated heterocycles. The quantitative estimate of drug-likeness (QED) is 0.459. The standard InChI is InChI=1S/C25H22N2/c1-19-14-16-22(17-15-19)24(21-11-6-3-7-12-21)27-25-23(13-8-18-26-25)20-9-4-2-5-10-20/h2-18,24H,1H3,(H,26,27). The summed E-state index contributed by atoms with van der Waals surface area (Å²) in [6.07, 6.45) is 1.84. The summed E-state index contributed by atoms with van der Waals surface area (Å²) in [7, 11) is 0.